The van der Waals surface area contributed by atoms with Crippen LogP contribution in [-0.2, 0) is 19.2 Å². The van der Waals surface area contributed by atoms with Gasteiger partial charge in [0.1, 0.15) is 18.1 Å². The van der Waals surface area contributed by atoms with Crippen molar-refractivity contribution in [3.05, 3.63) is 0 Å². The van der Waals surface area contributed by atoms with Crippen molar-refractivity contribution >= 4 is 23.6 Å². The Balaban J connectivity index is 1.98. The summed E-state index contributed by atoms with van der Waals surface area (Å²) in [5.41, 5.74) is 5.34. The molecule has 2 saturated heterocycles. The van der Waals surface area contributed by atoms with Crippen molar-refractivity contribution in [1.29, 1.82) is 0 Å². The van der Waals surface area contributed by atoms with Gasteiger partial charge in [-0.3, -0.25) is 19.2 Å². The molecule has 0 aliphatic carbocycles. The molecule has 3 atom stereocenters. The van der Waals surface area contributed by atoms with Crippen LogP contribution in [0.2, 0.25) is 0 Å². The molecular weight excluding hydrogens is 324 g/mol. The molecule has 140 valence electrons. The summed E-state index contributed by atoms with van der Waals surface area (Å²) in [5.74, 6) is -1.37. The van der Waals surface area contributed by atoms with E-state index in [9.17, 15) is 19.2 Å². The molecule has 0 bridgehead atoms. The number of rotatable bonds is 5. The van der Waals surface area contributed by atoms with Crippen molar-refractivity contribution in [2.45, 2.75) is 64.6 Å². The van der Waals surface area contributed by atoms with Crippen LogP contribution in [0.25, 0.3) is 0 Å². The van der Waals surface area contributed by atoms with Crippen LogP contribution >= 0.6 is 0 Å². The van der Waals surface area contributed by atoms with Gasteiger partial charge in [-0.25, -0.2) is 0 Å². The fourth-order valence-electron chi connectivity index (χ4n) is 3.58. The van der Waals surface area contributed by atoms with Crippen molar-refractivity contribution in [1.82, 2.24) is 15.1 Å². The zero-order valence-electron chi connectivity index (χ0n) is 15.2. The fraction of sp³-hybridized carbons (Fsp3) is 0.765. The van der Waals surface area contributed by atoms with Crippen molar-refractivity contribution in [3.8, 4) is 0 Å². The van der Waals surface area contributed by atoms with Gasteiger partial charge in [-0.1, -0.05) is 13.8 Å². The molecule has 8 nitrogen and oxygen atoms in total. The van der Waals surface area contributed by atoms with E-state index in [1.807, 2.05) is 0 Å². The largest absolute Gasteiger partial charge is 0.368 e. The molecule has 0 radical (unpaired) electrons. The summed E-state index contributed by atoms with van der Waals surface area (Å²) >= 11 is 0. The van der Waals surface area contributed by atoms with Gasteiger partial charge in [0.05, 0.1) is 0 Å². The Morgan fingerprint density at radius 2 is 1.44 bits per heavy atom. The molecule has 3 N–H and O–H groups in total. The number of amides is 4. The second-order valence-electron chi connectivity index (χ2n) is 7.17. The average Bonchev–Trinajstić information content (AvgIpc) is 3.21. The van der Waals surface area contributed by atoms with Crippen LogP contribution in [0.1, 0.15) is 46.5 Å². The number of likely N-dealkylation sites (tertiary alicyclic amines) is 2. The molecule has 2 rings (SSSR count). The summed E-state index contributed by atoms with van der Waals surface area (Å²) < 4.78 is 0. The van der Waals surface area contributed by atoms with Crippen LogP contribution < -0.4 is 11.1 Å². The Morgan fingerprint density at radius 3 is 1.96 bits per heavy atom. The van der Waals surface area contributed by atoms with E-state index in [2.05, 4.69) is 5.32 Å². The van der Waals surface area contributed by atoms with E-state index in [0.29, 0.717) is 25.9 Å². The summed E-state index contributed by atoms with van der Waals surface area (Å²) in [5, 5.41) is 2.71. The molecular formula is C17H28N4O4. The normalized spacial score (nSPS) is 24.5. The van der Waals surface area contributed by atoms with Gasteiger partial charge in [0.2, 0.25) is 23.6 Å². The van der Waals surface area contributed by atoms with Gasteiger partial charge in [-0.05, 0) is 32.6 Å². The van der Waals surface area contributed by atoms with E-state index in [-0.39, 0.29) is 23.6 Å². The van der Waals surface area contributed by atoms with E-state index in [4.69, 9.17) is 5.73 Å². The Hall–Kier alpha value is -2.12. The van der Waals surface area contributed by atoms with E-state index in [1.54, 1.807) is 25.7 Å². The quantitative estimate of drug-likeness (QED) is 0.702. The van der Waals surface area contributed by atoms with Gasteiger partial charge >= 0.3 is 0 Å². The molecule has 0 aromatic heterocycles. The van der Waals surface area contributed by atoms with E-state index in [0.717, 1.165) is 12.8 Å². The maximum absolute atomic E-state index is 12.6. The number of hydrogen-bond acceptors (Lipinski definition) is 4. The molecule has 25 heavy (non-hydrogen) atoms. The number of nitrogens with one attached hydrogen (secondary N) is 1. The standard InChI is InChI=1S/C17H28N4O4/c1-10(2)16(24)21-9-5-7-13(21)15(23)19-11(3)17(25)20-8-4-6-12(20)14(18)22/h10-13H,4-9H2,1-3H3,(H2,18,22)(H,19,23). The summed E-state index contributed by atoms with van der Waals surface area (Å²) in [6, 6.07) is -1.89. The molecule has 2 aliphatic rings. The highest BCUT2D eigenvalue weighted by atomic mass is 16.2. The molecule has 0 aromatic rings. The Bertz CT molecular complexity index is 563. The number of carbonyl (C=O) groups excluding carboxylic acids is 4. The molecule has 4 amide bonds. The third kappa shape index (κ3) is 4.11. The fourth-order valence-corrected chi connectivity index (χ4v) is 3.58. The van der Waals surface area contributed by atoms with Crippen molar-refractivity contribution in [2.75, 3.05) is 13.1 Å². The number of nitrogens with zero attached hydrogens (tertiary/aromatic N) is 2. The van der Waals surface area contributed by atoms with Crippen LogP contribution in [0.5, 0.6) is 0 Å². The highest BCUT2D eigenvalue weighted by molar-refractivity contribution is 5.94. The lowest BCUT2D eigenvalue weighted by Gasteiger charge is -2.29. The molecule has 2 aliphatic heterocycles. The minimum atomic E-state index is -0.760. The third-order valence-electron chi connectivity index (χ3n) is 4.93. The first-order valence-corrected chi connectivity index (χ1v) is 8.94. The molecule has 2 heterocycles. The SMILES string of the molecule is CC(C)C(=O)N1CCCC1C(=O)NC(C)C(=O)N1CCCC1C(N)=O. The number of hydrogen-bond donors (Lipinski definition) is 2. The van der Waals surface area contributed by atoms with Gasteiger partial charge in [-0.15, -0.1) is 0 Å². The topological polar surface area (TPSA) is 113 Å². The lowest BCUT2D eigenvalue weighted by molar-refractivity contribution is -0.143. The van der Waals surface area contributed by atoms with Gasteiger partial charge in [0.25, 0.3) is 0 Å². The first-order valence-electron chi connectivity index (χ1n) is 8.94. The Labute approximate surface area is 148 Å². The van der Waals surface area contributed by atoms with Gasteiger partial charge in [-0.2, -0.15) is 0 Å². The summed E-state index contributed by atoms with van der Waals surface area (Å²) in [6.07, 6.45) is 2.65. The zero-order chi connectivity index (χ0) is 18.7. The number of primary amides is 1. The molecule has 0 aromatic carbocycles. The average molecular weight is 352 g/mol. The van der Waals surface area contributed by atoms with Gasteiger partial charge in [0.15, 0.2) is 0 Å². The second-order valence-corrected chi connectivity index (χ2v) is 7.17. The highest BCUT2D eigenvalue weighted by Crippen LogP contribution is 2.21. The van der Waals surface area contributed by atoms with Crippen LogP contribution in [-0.4, -0.2) is 64.6 Å². The molecule has 8 heteroatoms. The zero-order valence-corrected chi connectivity index (χ0v) is 15.2. The third-order valence-corrected chi connectivity index (χ3v) is 4.93. The summed E-state index contributed by atoms with van der Waals surface area (Å²) in [6.45, 7) is 6.24. The van der Waals surface area contributed by atoms with Crippen LogP contribution in [0.15, 0.2) is 0 Å². The Morgan fingerprint density at radius 1 is 0.920 bits per heavy atom. The van der Waals surface area contributed by atoms with Crippen molar-refractivity contribution in [3.63, 3.8) is 0 Å². The maximum atomic E-state index is 12.6. The summed E-state index contributed by atoms with van der Waals surface area (Å²) in [4.78, 5) is 51.8. The second kappa shape index (κ2) is 7.84. The lowest BCUT2D eigenvalue weighted by Crippen LogP contribution is -2.55. The highest BCUT2D eigenvalue weighted by Gasteiger charge is 2.38. The molecule has 0 saturated carbocycles. The number of carbonyl (C=O) groups is 4. The first-order chi connectivity index (χ1) is 11.7. The van der Waals surface area contributed by atoms with E-state index in [1.165, 1.54) is 4.90 Å². The van der Waals surface area contributed by atoms with E-state index >= 15 is 0 Å². The maximum Gasteiger partial charge on any atom is 0.245 e. The van der Waals surface area contributed by atoms with Gasteiger partial charge < -0.3 is 20.9 Å². The predicted octanol–water partition coefficient (Wildman–Crippen LogP) is -0.386. The van der Waals surface area contributed by atoms with Crippen LogP contribution in [0, 0.1) is 5.92 Å². The van der Waals surface area contributed by atoms with Crippen molar-refractivity contribution in [2.24, 2.45) is 11.7 Å². The first kappa shape index (κ1) is 19.2. The summed E-state index contributed by atoms with van der Waals surface area (Å²) in [7, 11) is 0. The van der Waals surface area contributed by atoms with Crippen molar-refractivity contribution < 1.29 is 19.2 Å². The van der Waals surface area contributed by atoms with E-state index < -0.39 is 24.0 Å². The molecule has 3 unspecified atom stereocenters. The predicted molar refractivity (Wildman–Crippen MR) is 91.1 cm³/mol. The smallest absolute Gasteiger partial charge is 0.245 e. The minimum absolute atomic E-state index is 0.0510. The lowest BCUT2D eigenvalue weighted by atomic mass is 10.1. The van der Waals surface area contributed by atoms with Crippen LogP contribution in [0.4, 0.5) is 0 Å². The monoisotopic (exact) mass is 352 g/mol. The minimum Gasteiger partial charge on any atom is -0.368 e. The molecule has 2 fully saturated rings. The Kier molecular flexibility index (Phi) is 6.02. The van der Waals surface area contributed by atoms with Gasteiger partial charge in [0, 0.05) is 19.0 Å². The molecule has 0 spiro atoms. The number of nitrogens with two attached hydrogens (primary N) is 1. The van der Waals surface area contributed by atoms with Crippen LogP contribution in [0.3, 0.4) is 0 Å².